The number of carbonyl (C=O) groups is 2. The van der Waals surface area contributed by atoms with Gasteiger partial charge in [-0.25, -0.2) is 0 Å². The van der Waals surface area contributed by atoms with Crippen LogP contribution in [0.15, 0.2) is 41.2 Å². The molecule has 28 heavy (non-hydrogen) atoms. The second-order valence-corrected chi connectivity index (χ2v) is 6.81. The third kappa shape index (κ3) is 3.68. The van der Waals surface area contributed by atoms with Gasteiger partial charge in [-0.3, -0.25) is 19.0 Å². The highest BCUT2D eigenvalue weighted by Gasteiger charge is 2.25. The van der Waals surface area contributed by atoms with Crippen LogP contribution in [0.2, 0.25) is 0 Å². The molecule has 0 aromatic carbocycles. The molecule has 4 rings (SSSR count). The predicted octanol–water partition coefficient (Wildman–Crippen LogP) is 2.14. The molecule has 9 nitrogen and oxygen atoms in total. The zero-order valence-electron chi connectivity index (χ0n) is 15.7. The molecule has 1 aliphatic heterocycles. The Bertz CT molecular complexity index is 966. The van der Waals surface area contributed by atoms with Crippen LogP contribution < -0.4 is 5.32 Å². The van der Waals surface area contributed by atoms with Crippen LogP contribution in [-0.2, 0) is 13.6 Å². The first-order valence-corrected chi connectivity index (χ1v) is 9.30. The number of hydrogen-bond donors (Lipinski definition) is 1. The number of amides is 2. The van der Waals surface area contributed by atoms with Gasteiger partial charge in [-0.2, -0.15) is 10.2 Å². The monoisotopic (exact) mass is 382 g/mol. The SMILES string of the molecule is Cn1ncc(NC(=O)c2ccc(Cn3cccn3)o2)c1C(=O)N1CCCCC1. The minimum absolute atomic E-state index is 0.117. The van der Waals surface area contributed by atoms with E-state index in [1.807, 2.05) is 17.2 Å². The molecule has 0 spiro atoms. The van der Waals surface area contributed by atoms with Gasteiger partial charge in [-0.1, -0.05) is 0 Å². The number of aryl methyl sites for hydroxylation is 1. The topological polar surface area (TPSA) is 98.2 Å². The molecule has 3 aromatic rings. The Kier molecular flexibility index (Phi) is 4.96. The Morgan fingerprint density at radius 1 is 1.18 bits per heavy atom. The molecule has 0 saturated carbocycles. The number of likely N-dealkylation sites (tertiary alicyclic amines) is 1. The molecule has 0 radical (unpaired) electrons. The van der Waals surface area contributed by atoms with E-state index in [1.165, 1.54) is 10.9 Å². The summed E-state index contributed by atoms with van der Waals surface area (Å²) in [6.45, 7) is 1.89. The molecule has 1 fully saturated rings. The molecular formula is C19H22N6O3. The molecule has 4 heterocycles. The Hall–Kier alpha value is -3.36. The van der Waals surface area contributed by atoms with E-state index in [-0.39, 0.29) is 11.7 Å². The van der Waals surface area contributed by atoms with Crippen molar-refractivity contribution in [1.82, 2.24) is 24.5 Å². The lowest BCUT2D eigenvalue weighted by Gasteiger charge is -2.27. The van der Waals surface area contributed by atoms with E-state index in [0.717, 1.165) is 32.4 Å². The number of rotatable bonds is 5. The summed E-state index contributed by atoms with van der Waals surface area (Å²) in [5, 5.41) is 11.0. The quantitative estimate of drug-likeness (QED) is 0.729. The third-order valence-corrected chi connectivity index (χ3v) is 4.80. The number of hydrogen-bond acceptors (Lipinski definition) is 5. The fraction of sp³-hybridized carbons (Fsp3) is 0.368. The van der Waals surface area contributed by atoms with Crippen molar-refractivity contribution in [2.75, 3.05) is 18.4 Å². The van der Waals surface area contributed by atoms with E-state index < -0.39 is 5.91 Å². The van der Waals surface area contributed by atoms with Crippen LogP contribution in [0.3, 0.4) is 0 Å². The van der Waals surface area contributed by atoms with Crippen molar-refractivity contribution in [3.05, 3.63) is 54.0 Å². The summed E-state index contributed by atoms with van der Waals surface area (Å²) >= 11 is 0. The highest BCUT2D eigenvalue weighted by Crippen LogP contribution is 2.21. The van der Waals surface area contributed by atoms with Crippen molar-refractivity contribution in [1.29, 1.82) is 0 Å². The maximum atomic E-state index is 12.9. The van der Waals surface area contributed by atoms with E-state index in [4.69, 9.17) is 4.42 Å². The highest BCUT2D eigenvalue weighted by molar-refractivity contribution is 6.07. The van der Waals surface area contributed by atoms with Crippen LogP contribution in [0.4, 0.5) is 5.69 Å². The minimum Gasteiger partial charge on any atom is -0.454 e. The number of carbonyl (C=O) groups excluding carboxylic acids is 2. The lowest BCUT2D eigenvalue weighted by atomic mass is 10.1. The third-order valence-electron chi connectivity index (χ3n) is 4.80. The average molecular weight is 382 g/mol. The summed E-state index contributed by atoms with van der Waals surface area (Å²) in [5.74, 6) is 0.244. The zero-order chi connectivity index (χ0) is 19.5. The van der Waals surface area contributed by atoms with Crippen molar-refractivity contribution in [2.45, 2.75) is 25.8 Å². The first-order valence-electron chi connectivity index (χ1n) is 9.30. The van der Waals surface area contributed by atoms with Crippen molar-refractivity contribution >= 4 is 17.5 Å². The molecule has 0 atom stereocenters. The summed E-state index contributed by atoms with van der Waals surface area (Å²) in [6, 6.07) is 5.16. The van der Waals surface area contributed by atoms with Crippen LogP contribution in [-0.4, -0.2) is 49.4 Å². The maximum Gasteiger partial charge on any atom is 0.291 e. The van der Waals surface area contributed by atoms with E-state index in [0.29, 0.717) is 23.7 Å². The summed E-state index contributed by atoms with van der Waals surface area (Å²) in [5.41, 5.74) is 0.756. The van der Waals surface area contributed by atoms with E-state index in [9.17, 15) is 9.59 Å². The number of aromatic nitrogens is 4. The van der Waals surface area contributed by atoms with Crippen LogP contribution >= 0.6 is 0 Å². The molecule has 2 amide bonds. The van der Waals surface area contributed by atoms with Crippen molar-refractivity contribution < 1.29 is 14.0 Å². The number of anilines is 1. The Morgan fingerprint density at radius 3 is 2.75 bits per heavy atom. The van der Waals surface area contributed by atoms with Crippen molar-refractivity contribution in [3.8, 4) is 0 Å². The van der Waals surface area contributed by atoms with Gasteiger partial charge in [0, 0.05) is 32.5 Å². The summed E-state index contributed by atoms with van der Waals surface area (Å²) < 4.78 is 8.82. The van der Waals surface area contributed by atoms with Crippen molar-refractivity contribution in [3.63, 3.8) is 0 Å². The first kappa shape index (κ1) is 18.0. The number of furan rings is 1. The Morgan fingerprint density at radius 2 is 2.00 bits per heavy atom. The smallest absolute Gasteiger partial charge is 0.291 e. The zero-order valence-corrected chi connectivity index (χ0v) is 15.7. The fourth-order valence-corrected chi connectivity index (χ4v) is 3.35. The van der Waals surface area contributed by atoms with Gasteiger partial charge in [0.1, 0.15) is 11.5 Å². The molecule has 9 heteroatoms. The first-order chi connectivity index (χ1) is 13.6. The predicted molar refractivity (Wildman–Crippen MR) is 101 cm³/mol. The lowest BCUT2D eigenvalue weighted by molar-refractivity contribution is 0.0714. The van der Waals surface area contributed by atoms with Crippen LogP contribution in [0.25, 0.3) is 0 Å². The minimum atomic E-state index is -0.424. The lowest BCUT2D eigenvalue weighted by Crippen LogP contribution is -2.37. The van der Waals surface area contributed by atoms with E-state index in [2.05, 4.69) is 15.5 Å². The van der Waals surface area contributed by atoms with E-state index >= 15 is 0 Å². The Balaban J connectivity index is 1.48. The van der Waals surface area contributed by atoms with Crippen LogP contribution in [0.1, 0.15) is 46.1 Å². The highest BCUT2D eigenvalue weighted by atomic mass is 16.4. The molecule has 0 bridgehead atoms. The molecule has 1 saturated heterocycles. The number of piperidine rings is 1. The van der Waals surface area contributed by atoms with Gasteiger partial charge in [0.15, 0.2) is 5.76 Å². The summed E-state index contributed by atoms with van der Waals surface area (Å²) in [4.78, 5) is 27.3. The summed E-state index contributed by atoms with van der Waals surface area (Å²) in [7, 11) is 1.70. The van der Waals surface area contributed by atoms with Gasteiger partial charge in [0.25, 0.3) is 11.8 Å². The van der Waals surface area contributed by atoms with Gasteiger partial charge >= 0.3 is 0 Å². The molecule has 0 unspecified atom stereocenters. The second kappa shape index (κ2) is 7.71. The van der Waals surface area contributed by atoms with Gasteiger partial charge < -0.3 is 14.6 Å². The standard InChI is InChI=1S/C19H22N6O3/c1-23-17(19(27)24-9-3-2-4-10-24)15(12-21-23)22-18(26)16-7-6-14(28-16)13-25-11-5-8-20-25/h5-8,11-12H,2-4,9-10,13H2,1H3,(H,22,26). The van der Waals surface area contributed by atoms with Gasteiger partial charge in [0.05, 0.1) is 18.4 Å². The number of nitrogens with zero attached hydrogens (tertiary/aromatic N) is 5. The fourth-order valence-electron chi connectivity index (χ4n) is 3.35. The average Bonchev–Trinajstić information content (AvgIpc) is 3.45. The van der Waals surface area contributed by atoms with Gasteiger partial charge in [-0.15, -0.1) is 0 Å². The number of nitrogens with one attached hydrogen (secondary N) is 1. The molecular weight excluding hydrogens is 360 g/mol. The molecule has 1 aliphatic rings. The molecule has 0 aliphatic carbocycles. The van der Waals surface area contributed by atoms with Crippen molar-refractivity contribution in [2.24, 2.45) is 7.05 Å². The molecule has 146 valence electrons. The Labute approximate surface area is 161 Å². The van der Waals surface area contributed by atoms with Gasteiger partial charge in [0.2, 0.25) is 0 Å². The van der Waals surface area contributed by atoms with Crippen LogP contribution in [0, 0.1) is 0 Å². The molecule has 3 aromatic heterocycles. The molecule has 1 N–H and O–H groups in total. The van der Waals surface area contributed by atoms with E-state index in [1.54, 1.807) is 30.1 Å². The normalized spacial score (nSPS) is 14.2. The largest absolute Gasteiger partial charge is 0.454 e. The second-order valence-electron chi connectivity index (χ2n) is 6.81. The summed E-state index contributed by atoms with van der Waals surface area (Å²) in [6.07, 6.45) is 8.12. The van der Waals surface area contributed by atoms with Gasteiger partial charge in [-0.05, 0) is 37.5 Å². The van der Waals surface area contributed by atoms with Crippen LogP contribution in [0.5, 0.6) is 0 Å². The maximum absolute atomic E-state index is 12.9.